The molecule has 0 unspecified atom stereocenters. The van der Waals surface area contributed by atoms with E-state index in [1.165, 1.54) is 11.3 Å². The highest BCUT2D eigenvalue weighted by Gasteiger charge is 2.32. The second kappa shape index (κ2) is 7.13. The Kier molecular flexibility index (Phi) is 5.10. The molecule has 0 radical (unpaired) electrons. The number of sulfone groups is 1. The van der Waals surface area contributed by atoms with Crippen LogP contribution in [0.2, 0.25) is 0 Å². The van der Waals surface area contributed by atoms with Gasteiger partial charge in [-0.15, -0.1) is 11.3 Å². The highest BCUT2D eigenvalue weighted by atomic mass is 32.2. The van der Waals surface area contributed by atoms with Crippen molar-refractivity contribution >= 4 is 27.1 Å². The summed E-state index contributed by atoms with van der Waals surface area (Å²) in [4.78, 5) is 18.5. The molecule has 0 saturated carbocycles. The van der Waals surface area contributed by atoms with Gasteiger partial charge in [-0.05, 0) is 30.7 Å². The summed E-state index contributed by atoms with van der Waals surface area (Å²) in [5.74, 6) is 0.898. The highest BCUT2D eigenvalue weighted by molar-refractivity contribution is 7.91. The maximum atomic E-state index is 12.4. The summed E-state index contributed by atoms with van der Waals surface area (Å²) < 4.78 is 28.3. The summed E-state index contributed by atoms with van der Waals surface area (Å²) in [6, 6.07) is 7.38. The summed E-state index contributed by atoms with van der Waals surface area (Å²) in [7, 11) is 0.288. The van der Waals surface area contributed by atoms with Crippen molar-refractivity contribution in [3.05, 3.63) is 35.3 Å². The van der Waals surface area contributed by atoms with Crippen LogP contribution in [0.4, 0.5) is 0 Å². The Bertz CT molecular complexity index is 859. The fourth-order valence-electron chi connectivity index (χ4n) is 2.82. The van der Waals surface area contributed by atoms with Crippen molar-refractivity contribution in [2.75, 3.05) is 25.7 Å². The third kappa shape index (κ3) is 4.19. The summed E-state index contributed by atoms with van der Waals surface area (Å²) in [5, 5.41) is 2.72. The van der Waals surface area contributed by atoms with E-state index >= 15 is 0 Å². The number of hydrogen-bond donors (Lipinski definition) is 0. The lowest BCUT2D eigenvalue weighted by Gasteiger charge is -2.23. The van der Waals surface area contributed by atoms with E-state index in [9.17, 15) is 13.2 Å². The van der Waals surface area contributed by atoms with Crippen LogP contribution >= 0.6 is 11.3 Å². The van der Waals surface area contributed by atoms with Crippen molar-refractivity contribution < 1.29 is 17.9 Å². The van der Waals surface area contributed by atoms with Crippen molar-refractivity contribution in [3.8, 4) is 16.3 Å². The number of carbonyl (C=O) groups excluding carboxylic acids is 1. The van der Waals surface area contributed by atoms with E-state index in [1.54, 1.807) is 19.1 Å². The summed E-state index contributed by atoms with van der Waals surface area (Å²) >= 11 is 1.48. The van der Waals surface area contributed by atoms with Gasteiger partial charge in [0, 0.05) is 24.0 Å². The van der Waals surface area contributed by atoms with Crippen LogP contribution in [0.15, 0.2) is 29.6 Å². The Hall–Kier alpha value is -1.93. The second-order valence-electron chi connectivity index (χ2n) is 6.11. The first-order valence-electron chi connectivity index (χ1n) is 7.93. The van der Waals surface area contributed by atoms with Gasteiger partial charge in [-0.2, -0.15) is 0 Å². The summed E-state index contributed by atoms with van der Waals surface area (Å²) in [6.07, 6.45) is 0.693. The molecule has 0 N–H and O–H groups in total. The number of methoxy groups -OCH3 is 1. The SMILES string of the molecule is COc1ccc(-c2nc(CC(=O)N(C)[C@@H]3CCS(=O)(=O)C3)cs2)cc1. The topological polar surface area (TPSA) is 76.6 Å². The molecule has 1 aliphatic rings. The number of nitrogens with zero attached hydrogens (tertiary/aromatic N) is 2. The predicted octanol–water partition coefficient (Wildman–Crippen LogP) is 2.01. The first-order valence-corrected chi connectivity index (χ1v) is 10.6. The van der Waals surface area contributed by atoms with Gasteiger partial charge < -0.3 is 9.64 Å². The number of thiazole rings is 1. The van der Waals surface area contributed by atoms with Crippen LogP contribution in [0, 0.1) is 0 Å². The van der Waals surface area contributed by atoms with E-state index in [2.05, 4.69) is 4.98 Å². The van der Waals surface area contributed by atoms with Gasteiger partial charge in [0.25, 0.3) is 0 Å². The first-order chi connectivity index (χ1) is 11.9. The first kappa shape index (κ1) is 17.9. The molecule has 1 saturated heterocycles. The molecule has 0 spiro atoms. The molecule has 8 heteroatoms. The molecule has 1 aliphatic heterocycles. The van der Waals surface area contributed by atoms with Crippen molar-refractivity contribution in [1.82, 2.24) is 9.88 Å². The van der Waals surface area contributed by atoms with Gasteiger partial charge in [-0.3, -0.25) is 4.79 Å². The smallest absolute Gasteiger partial charge is 0.228 e. The number of hydrogen-bond acceptors (Lipinski definition) is 6. The van der Waals surface area contributed by atoms with Crippen LogP contribution < -0.4 is 4.74 Å². The molecule has 134 valence electrons. The molecule has 1 amide bonds. The van der Waals surface area contributed by atoms with Crippen LogP contribution in [0.3, 0.4) is 0 Å². The summed E-state index contributed by atoms with van der Waals surface area (Å²) in [6.45, 7) is 0. The van der Waals surface area contributed by atoms with E-state index in [-0.39, 0.29) is 29.9 Å². The molecule has 2 heterocycles. The van der Waals surface area contributed by atoms with Crippen LogP contribution in [0.1, 0.15) is 12.1 Å². The van der Waals surface area contributed by atoms with Gasteiger partial charge in [-0.1, -0.05) is 0 Å². The molecule has 0 bridgehead atoms. The Morgan fingerprint density at radius 3 is 2.68 bits per heavy atom. The van der Waals surface area contributed by atoms with Crippen molar-refractivity contribution in [3.63, 3.8) is 0 Å². The minimum atomic E-state index is -3.00. The van der Waals surface area contributed by atoms with Crippen LogP contribution in [-0.2, 0) is 21.1 Å². The molecule has 1 aromatic heterocycles. The number of carbonyl (C=O) groups is 1. The Morgan fingerprint density at radius 1 is 1.36 bits per heavy atom. The average molecular weight is 380 g/mol. The van der Waals surface area contributed by atoms with E-state index in [0.29, 0.717) is 12.1 Å². The normalized spacial score (nSPS) is 18.9. The van der Waals surface area contributed by atoms with Gasteiger partial charge >= 0.3 is 0 Å². The number of aromatic nitrogens is 1. The van der Waals surface area contributed by atoms with Gasteiger partial charge in [0.15, 0.2) is 9.84 Å². The second-order valence-corrected chi connectivity index (χ2v) is 9.20. The van der Waals surface area contributed by atoms with Crippen LogP contribution in [0.25, 0.3) is 10.6 Å². The maximum Gasteiger partial charge on any atom is 0.228 e. The third-order valence-corrected chi connectivity index (χ3v) is 7.06. The minimum Gasteiger partial charge on any atom is -0.497 e. The Morgan fingerprint density at radius 2 is 2.08 bits per heavy atom. The summed E-state index contributed by atoms with van der Waals surface area (Å²) in [5.41, 5.74) is 1.67. The van der Waals surface area contributed by atoms with Gasteiger partial charge in [-0.25, -0.2) is 13.4 Å². The lowest BCUT2D eigenvalue weighted by molar-refractivity contribution is -0.130. The van der Waals surface area contributed by atoms with E-state index < -0.39 is 9.84 Å². The Balaban J connectivity index is 1.65. The zero-order valence-corrected chi connectivity index (χ0v) is 15.8. The van der Waals surface area contributed by atoms with Gasteiger partial charge in [0.05, 0.1) is 30.7 Å². The lowest BCUT2D eigenvalue weighted by atomic mass is 10.2. The maximum absolute atomic E-state index is 12.4. The molecule has 25 heavy (non-hydrogen) atoms. The molecular weight excluding hydrogens is 360 g/mol. The zero-order valence-electron chi connectivity index (χ0n) is 14.1. The van der Waals surface area contributed by atoms with Gasteiger partial charge in [0.1, 0.15) is 10.8 Å². The van der Waals surface area contributed by atoms with E-state index in [4.69, 9.17) is 4.74 Å². The highest BCUT2D eigenvalue weighted by Crippen LogP contribution is 2.26. The Labute approximate surface area is 151 Å². The van der Waals surface area contributed by atoms with Crippen molar-refractivity contribution in [2.45, 2.75) is 18.9 Å². The quantitative estimate of drug-likeness (QED) is 0.793. The monoisotopic (exact) mass is 380 g/mol. The number of benzene rings is 1. The van der Waals surface area contributed by atoms with Crippen molar-refractivity contribution in [2.24, 2.45) is 0 Å². The fraction of sp³-hybridized carbons (Fsp3) is 0.412. The van der Waals surface area contributed by atoms with Gasteiger partial charge in [0.2, 0.25) is 5.91 Å². The molecule has 1 atom stereocenters. The third-order valence-electron chi connectivity index (χ3n) is 4.37. The number of rotatable bonds is 5. The van der Waals surface area contributed by atoms with Crippen LogP contribution in [0.5, 0.6) is 5.75 Å². The number of ether oxygens (including phenoxy) is 1. The molecular formula is C17H20N2O4S2. The van der Waals surface area contributed by atoms with E-state index in [0.717, 1.165) is 16.3 Å². The standard InChI is InChI=1S/C17H20N2O4S2/c1-19(14-7-8-25(21,22)11-14)16(20)9-13-10-24-17(18-13)12-3-5-15(23-2)6-4-12/h3-6,10,14H,7-9,11H2,1-2H3/t14-/m1/s1. The molecule has 2 aromatic rings. The molecule has 6 nitrogen and oxygen atoms in total. The number of amides is 1. The fourth-order valence-corrected chi connectivity index (χ4v) is 5.42. The largest absolute Gasteiger partial charge is 0.497 e. The van der Waals surface area contributed by atoms with Crippen LogP contribution in [-0.4, -0.2) is 55.9 Å². The minimum absolute atomic E-state index is 0.0589. The zero-order chi connectivity index (χ0) is 18.0. The molecule has 1 fully saturated rings. The molecule has 1 aromatic carbocycles. The van der Waals surface area contributed by atoms with E-state index in [1.807, 2.05) is 29.6 Å². The molecule has 3 rings (SSSR count). The lowest BCUT2D eigenvalue weighted by Crippen LogP contribution is -2.38. The number of likely N-dealkylation sites (N-methyl/N-ethyl adjacent to an activating group) is 1. The predicted molar refractivity (Wildman–Crippen MR) is 97.6 cm³/mol. The van der Waals surface area contributed by atoms with Crippen molar-refractivity contribution in [1.29, 1.82) is 0 Å². The molecule has 0 aliphatic carbocycles. The average Bonchev–Trinajstić information content (AvgIpc) is 3.20.